The van der Waals surface area contributed by atoms with Crippen LogP contribution >= 0.6 is 23.4 Å². The van der Waals surface area contributed by atoms with Crippen LogP contribution in [0.25, 0.3) is 0 Å². The summed E-state index contributed by atoms with van der Waals surface area (Å²) >= 11 is 7.02. The average molecular weight is 320 g/mol. The van der Waals surface area contributed by atoms with Gasteiger partial charge in [0.15, 0.2) is 0 Å². The Balaban J connectivity index is 2.14. The molecule has 3 nitrogen and oxygen atoms in total. The van der Waals surface area contributed by atoms with Crippen LogP contribution in [0.3, 0.4) is 0 Å². The molecule has 2 aromatic carbocycles. The summed E-state index contributed by atoms with van der Waals surface area (Å²) in [5, 5.41) is 13.1. The highest BCUT2D eigenvalue weighted by Gasteiger charge is 2.15. The van der Waals surface area contributed by atoms with Crippen molar-refractivity contribution in [2.45, 2.75) is 11.8 Å². The number of rotatable bonds is 4. The lowest BCUT2D eigenvalue weighted by atomic mass is 10.3. The molecule has 0 radical (unpaired) electrons. The number of allylic oxidation sites excluding steroid dienone is 1. The zero-order valence-electron chi connectivity index (χ0n) is 11.3. The molecule has 108 valence electrons. The van der Waals surface area contributed by atoms with E-state index in [2.05, 4.69) is 5.32 Å². The van der Waals surface area contributed by atoms with Crippen molar-refractivity contribution in [2.75, 3.05) is 5.32 Å². The average Bonchev–Trinajstić information content (AvgIpc) is 2.48. The minimum atomic E-state index is -0.355. The molecule has 0 atom stereocenters. The third-order valence-corrected chi connectivity index (χ3v) is 4.04. The van der Waals surface area contributed by atoms with Crippen molar-refractivity contribution in [3.63, 3.8) is 0 Å². The van der Waals surface area contributed by atoms with Gasteiger partial charge in [-0.1, -0.05) is 41.6 Å². The van der Waals surface area contributed by atoms with Gasteiger partial charge in [-0.2, -0.15) is 0 Å². The molecule has 0 aromatic heterocycles. The highest BCUT2D eigenvalue weighted by atomic mass is 35.5. The van der Waals surface area contributed by atoms with Crippen molar-refractivity contribution in [1.82, 2.24) is 0 Å². The second-order valence-electron chi connectivity index (χ2n) is 4.29. The maximum Gasteiger partial charge on any atom is 0.265 e. The minimum absolute atomic E-state index is 0.0182. The van der Waals surface area contributed by atoms with E-state index in [0.717, 1.165) is 4.90 Å². The van der Waals surface area contributed by atoms with Crippen molar-refractivity contribution in [3.05, 3.63) is 70.3 Å². The number of amides is 1. The Bertz CT molecular complexity index is 650. The molecule has 0 bridgehead atoms. The summed E-state index contributed by atoms with van der Waals surface area (Å²) in [6.07, 6.45) is 0. The van der Waals surface area contributed by atoms with E-state index < -0.39 is 0 Å². The Kier molecular flexibility index (Phi) is 5.31. The smallest absolute Gasteiger partial charge is 0.265 e. The van der Waals surface area contributed by atoms with Crippen LogP contribution in [-0.2, 0) is 4.79 Å². The van der Waals surface area contributed by atoms with E-state index in [1.807, 2.05) is 30.3 Å². The molecule has 0 saturated heterocycles. The molecule has 0 spiro atoms. The Labute approximate surface area is 132 Å². The standard InChI is InChI=1S/C16H14ClNO2S/c1-11(19)15(21-14-5-3-2-4-6-14)16(20)18-13-9-7-12(17)8-10-13/h2-10,19H,1H3,(H,18,20)/b15-11-. The van der Waals surface area contributed by atoms with E-state index in [1.165, 1.54) is 18.7 Å². The molecule has 0 aliphatic carbocycles. The third kappa shape index (κ3) is 4.55. The van der Waals surface area contributed by atoms with Gasteiger partial charge in [0.2, 0.25) is 0 Å². The monoisotopic (exact) mass is 319 g/mol. The van der Waals surface area contributed by atoms with Crippen LogP contribution in [0.5, 0.6) is 0 Å². The Hall–Kier alpha value is -1.91. The van der Waals surface area contributed by atoms with Crippen LogP contribution in [0.1, 0.15) is 6.92 Å². The predicted octanol–water partition coefficient (Wildman–Crippen LogP) is 4.86. The fourth-order valence-corrected chi connectivity index (χ4v) is 2.56. The number of aliphatic hydroxyl groups excluding tert-OH is 1. The zero-order valence-corrected chi connectivity index (χ0v) is 12.9. The number of anilines is 1. The summed E-state index contributed by atoms with van der Waals surface area (Å²) < 4.78 is 0. The summed E-state index contributed by atoms with van der Waals surface area (Å²) in [4.78, 5) is 13.4. The van der Waals surface area contributed by atoms with Gasteiger partial charge in [0.1, 0.15) is 10.7 Å². The van der Waals surface area contributed by atoms with Gasteiger partial charge in [-0.3, -0.25) is 4.79 Å². The van der Waals surface area contributed by atoms with E-state index in [9.17, 15) is 9.90 Å². The van der Waals surface area contributed by atoms with Crippen LogP contribution in [0.2, 0.25) is 5.02 Å². The Morgan fingerprint density at radius 3 is 2.29 bits per heavy atom. The van der Waals surface area contributed by atoms with Gasteiger partial charge in [0.05, 0.1) is 0 Å². The van der Waals surface area contributed by atoms with Gasteiger partial charge in [-0.25, -0.2) is 0 Å². The topological polar surface area (TPSA) is 49.3 Å². The second kappa shape index (κ2) is 7.20. The van der Waals surface area contributed by atoms with Gasteiger partial charge in [-0.05, 0) is 43.3 Å². The predicted molar refractivity (Wildman–Crippen MR) is 87.7 cm³/mol. The molecular weight excluding hydrogens is 306 g/mol. The number of benzene rings is 2. The number of thioether (sulfide) groups is 1. The molecule has 1 amide bonds. The summed E-state index contributed by atoms with van der Waals surface area (Å²) in [5.41, 5.74) is 0.622. The maximum atomic E-state index is 12.3. The molecule has 0 heterocycles. The molecule has 0 unspecified atom stereocenters. The molecule has 5 heteroatoms. The summed E-state index contributed by atoms with van der Waals surface area (Å²) in [5.74, 6) is -0.374. The zero-order chi connectivity index (χ0) is 15.2. The highest BCUT2D eigenvalue weighted by molar-refractivity contribution is 8.04. The van der Waals surface area contributed by atoms with Crippen LogP contribution in [0.4, 0.5) is 5.69 Å². The van der Waals surface area contributed by atoms with Gasteiger partial charge in [0.25, 0.3) is 5.91 Å². The number of halogens is 1. The maximum absolute atomic E-state index is 12.3. The number of carbonyl (C=O) groups is 1. The number of aliphatic hydroxyl groups is 1. The van der Waals surface area contributed by atoms with Crippen LogP contribution in [0.15, 0.2) is 70.2 Å². The number of carbonyl (C=O) groups excluding carboxylic acids is 1. The molecule has 2 N–H and O–H groups in total. The normalized spacial score (nSPS) is 11.7. The number of hydrogen-bond donors (Lipinski definition) is 2. The first kappa shape index (κ1) is 15.5. The fourth-order valence-electron chi connectivity index (χ4n) is 1.61. The highest BCUT2D eigenvalue weighted by Crippen LogP contribution is 2.29. The van der Waals surface area contributed by atoms with Crippen molar-refractivity contribution >= 4 is 35.0 Å². The lowest BCUT2D eigenvalue weighted by molar-refractivity contribution is -0.112. The largest absolute Gasteiger partial charge is 0.511 e. The van der Waals surface area contributed by atoms with E-state index in [-0.39, 0.29) is 16.6 Å². The summed E-state index contributed by atoms with van der Waals surface area (Å²) in [6, 6.07) is 16.2. The molecule has 0 fully saturated rings. The van der Waals surface area contributed by atoms with Gasteiger partial charge in [0, 0.05) is 15.6 Å². The SMILES string of the molecule is C/C(O)=C(/Sc1ccccc1)C(=O)Nc1ccc(Cl)cc1. The summed E-state index contributed by atoms with van der Waals surface area (Å²) in [7, 11) is 0. The van der Waals surface area contributed by atoms with E-state index >= 15 is 0 Å². The second-order valence-corrected chi connectivity index (χ2v) is 5.81. The summed E-state index contributed by atoms with van der Waals surface area (Å²) in [6.45, 7) is 1.49. The van der Waals surface area contributed by atoms with Crippen molar-refractivity contribution in [1.29, 1.82) is 0 Å². The molecular formula is C16H14ClNO2S. The van der Waals surface area contributed by atoms with E-state index in [4.69, 9.17) is 11.6 Å². The molecule has 0 aliphatic rings. The molecule has 0 aliphatic heterocycles. The van der Waals surface area contributed by atoms with Crippen molar-refractivity contribution < 1.29 is 9.90 Å². The molecule has 0 saturated carbocycles. The van der Waals surface area contributed by atoms with Crippen LogP contribution in [0, 0.1) is 0 Å². The van der Waals surface area contributed by atoms with Crippen molar-refractivity contribution in [2.24, 2.45) is 0 Å². The first-order valence-corrected chi connectivity index (χ1v) is 7.45. The molecule has 2 aromatic rings. The minimum Gasteiger partial charge on any atom is -0.511 e. The van der Waals surface area contributed by atoms with Gasteiger partial charge >= 0.3 is 0 Å². The molecule has 2 rings (SSSR count). The quantitative estimate of drug-likeness (QED) is 0.480. The fraction of sp³-hybridized carbons (Fsp3) is 0.0625. The van der Waals surface area contributed by atoms with E-state index in [1.54, 1.807) is 24.3 Å². The lowest BCUT2D eigenvalue weighted by Gasteiger charge is -2.09. The van der Waals surface area contributed by atoms with Crippen LogP contribution in [-0.4, -0.2) is 11.0 Å². The van der Waals surface area contributed by atoms with Crippen LogP contribution < -0.4 is 5.32 Å². The number of nitrogens with one attached hydrogen (secondary N) is 1. The van der Waals surface area contributed by atoms with Gasteiger partial charge in [-0.15, -0.1) is 0 Å². The van der Waals surface area contributed by atoms with Gasteiger partial charge < -0.3 is 10.4 Å². The van der Waals surface area contributed by atoms with E-state index in [0.29, 0.717) is 10.7 Å². The third-order valence-electron chi connectivity index (χ3n) is 2.60. The Morgan fingerprint density at radius 1 is 1.10 bits per heavy atom. The lowest BCUT2D eigenvalue weighted by Crippen LogP contribution is -2.14. The first-order chi connectivity index (χ1) is 10.1. The number of hydrogen-bond acceptors (Lipinski definition) is 3. The first-order valence-electron chi connectivity index (χ1n) is 6.26. The Morgan fingerprint density at radius 2 is 1.71 bits per heavy atom. The van der Waals surface area contributed by atoms with Crippen molar-refractivity contribution in [3.8, 4) is 0 Å². The molecule has 21 heavy (non-hydrogen) atoms.